The molecule has 1 aliphatic heterocycles. The molecule has 4 rings (SSSR count). The third-order valence-corrected chi connectivity index (χ3v) is 6.49. The Morgan fingerprint density at radius 1 is 1.07 bits per heavy atom. The molecule has 2 aromatic carbocycles. The van der Waals surface area contributed by atoms with Gasteiger partial charge in [-0.1, -0.05) is 17.4 Å². The van der Waals surface area contributed by atoms with Crippen LogP contribution in [-0.4, -0.2) is 69.8 Å². The Morgan fingerprint density at radius 2 is 1.80 bits per heavy atom. The van der Waals surface area contributed by atoms with Crippen LogP contribution >= 0.6 is 11.3 Å². The van der Waals surface area contributed by atoms with Crippen LogP contribution in [0.15, 0.2) is 42.5 Å². The molecule has 3 aromatic rings. The number of aromatic nitrogens is 1. The first kappa shape index (κ1) is 20.3. The first-order valence-electron chi connectivity index (χ1n) is 9.90. The Labute approximate surface area is 180 Å². The molecule has 0 spiro atoms. The maximum Gasteiger partial charge on any atom is 0.242 e. The number of carbonyl (C=O) groups excluding carboxylic acids is 1. The molecule has 1 fully saturated rings. The second-order valence-corrected chi connectivity index (χ2v) is 8.23. The van der Waals surface area contributed by atoms with E-state index >= 15 is 0 Å². The van der Waals surface area contributed by atoms with Crippen molar-refractivity contribution in [2.45, 2.75) is 0 Å². The minimum atomic E-state index is 0.123. The Kier molecular flexibility index (Phi) is 5.94. The number of amides is 1. The molecule has 0 aliphatic carbocycles. The molecular formula is C22H26N4O3S. The van der Waals surface area contributed by atoms with Gasteiger partial charge in [0, 0.05) is 38.9 Å². The van der Waals surface area contributed by atoms with E-state index in [1.807, 2.05) is 47.2 Å². The van der Waals surface area contributed by atoms with E-state index in [0.717, 1.165) is 45.6 Å². The zero-order valence-electron chi connectivity index (χ0n) is 17.5. The third-order valence-electron chi connectivity index (χ3n) is 5.36. The lowest BCUT2D eigenvalue weighted by atomic mass is 10.2. The zero-order valence-corrected chi connectivity index (χ0v) is 18.3. The highest BCUT2D eigenvalue weighted by molar-refractivity contribution is 7.22. The lowest BCUT2D eigenvalue weighted by Gasteiger charge is -2.36. The Balaban J connectivity index is 1.35. The first-order chi connectivity index (χ1) is 14.6. The van der Waals surface area contributed by atoms with Crippen molar-refractivity contribution in [1.82, 2.24) is 9.88 Å². The van der Waals surface area contributed by atoms with Crippen molar-refractivity contribution in [3.63, 3.8) is 0 Å². The average molecular weight is 427 g/mol. The minimum absolute atomic E-state index is 0.123. The zero-order chi connectivity index (χ0) is 21.1. The van der Waals surface area contributed by atoms with Gasteiger partial charge >= 0.3 is 0 Å². The molecule has 0 saturated carbocycles. The maximum absolute atomic E-state index is 12.8. The summed E-state index contributed by atoms with van der Waals surface area (Å²) in [6, 6.07) is 13.9. The molecule has 0 unspecified atom stereocenters. The summed E-state index contributed by atoms with van der Waals surface area (Å²) in [5.74, 6) is 1.73. The third kappa shape index (κ3) is 4.14. The van der Waals surface area contributed by atoms with E-state index < -0.39 is 0 Å². The summed E-state index contributed by atoms with van der Waals surface area (Å²) in [5, 5.41) is 0.819. The van der Waals surface area contributed by atoms with Crippen LogP contribution in [0.2, 0.25) is 0 Å². The van der Waals surface area contributed by atoms with Crippen LogP contribution in [0.25, 0.3) is 10.2 Å². The van der Waals surface area contributed by atoms with Crippen molar-refractivity contribution < 1.29 is 14.3 Å². The number of likely N-dealkylation sites (N-methyl/N-ethyl adjacent to an activating group) is 1. The van der Waals surface area contributed by atoms with E-state index in [9.17, 15) is 4.79 Å². The van der Waals surface area contributed by atoms with Gasteiger partial charge in [0.1, 0.15) is 17.0 Å². The van der Waals surface area contributed by atoms with Crippen LogP contribution in [0.5, 0.6) is 11.5 Å². The number of methoxy groups -OCH3 is 2. The fourth-order valence-corrected chi connectivity index (χ4v) is 4.56. The summed E-state index contributed by atoms with van der Waals surface area (Å²) in [4.78, 5) is 23.7. The molecule has 2 heterocycles. The molecule has 1 amide bonds. The summed E-state index contributed by atoms with van der Waals surface area (Å²) in [6.07, 6.45) is 0. The summed E-state index contributed by atoms with van der Waals surface area (Å²) in [7, 11) is 5.23. The lowest BCUT2D eigenvalue weighted by molar-refractivity contribution is -0.129. The van der Waals surface area contributed by atoms with Crippen LogP contribution in [-0.2, 0) is 4.79 Å². The number of fused-ring (bicyclic) bond motifs is 1. The topological polar surface area (TPSA) is 58.1 Å². The normalized spacial score (nSPS) is 14.1. The molecule has 7 nitrogen and oxygen atoms in total. The van der Waals surface area contributed by atoms with Gasteiger partial charge in [-0.15, -0.1) is 0 Å². The van der Waals surface area contributed by atoms with Gasteiger partial charge in [-0.05, 0) is 36.4 Å². The van der Waals surface area contributed by atoms with Gasteiger partial charge in [-0.3, -0.25) is 4.79 Å². The highest BCUT2D eigenvalue weighted by Crippen LogP contribution is 2.33. The standard InChI is InChI=1S/C22H26N4O3S/c1-24(22-23-21-18(29-3)5-4-6-19(21)30-22)15-20(27)26-13-11-25(12-14-26)16-7-9-17(28-2)10-8-16/h4-10H,11-15H2,1-3H3. The number of nitrogens with zero attached hydrogens (tertiary/aromatic N) is 4. The van der Waals surface area contributed by atoms with Crippen LogP contribution < -0.4 is 19.3 Å². The Hall–Kier alpha value is -3.00. The van der Waals surface area contributed by atoms with E-state index in [4.69, 9.17) is 9.47 Å². The summed E-state index contributed by atoms with van der Waals surface area (Å²) < 4.78 is 11.7. The predicted octanol–water partition coefficient (Wildman–Crippen LogP) is 3.10. The monoisotopic (exact) mass is 426 g/mol. The number of ether oxygens (including phenoxy) is 2. The van der Waals surface area contributed by atoms with E-state index in [2.05, 4.69) is 22.0 Å². The van der Waals surface area contributed by atoms with Crippen LogP contribution in [0, 0.1) is 0 Å². The smallest absolute Gasteiger partial charge is 0.242 e. The van der Waals surface area contributed by atoms with Crippen LogP contribution in [0.1, 0.15) is 0 Å². The van der Waals surface area contributed by atoms with Gasteiger partial charge < -0.3 is 24.2 Å². The first-order valence-corrected chi connectivity index (χ1v) is 10.7. The molecule has 30 heavy (non-hydrogen) atoms. The molecule has 1 saturated heterocycles. The number of carbonyl (C=O) groups is 1. The van der Waals surface area contributed by atoms with E-state index in [0.29, 0.717) is 19.6 Å². The number of thiazole rings is 1. The maximum atomic E-state index is 12.8. The number of piperazine rings is 1. The van der Waals surface area contributed by atoms with Gasteiger partial charge in [0.05, 0.1) is 25.5 Å². The fourth-order valence-electron chi connectivity index (χ4n) is 3.62. The van der Waals surface area contributed by atoms with E-state index in [1.54, 1.807) is 25.6 Å². The highest BCUT2D eigenvalue weighted by atomic mass is 32.1. The lowest BCUT2D eigenvalue weighted by Crippen LogP contribution is -2.51. The summed E-state index contributed by atoms with van der Waals surface area (Å²) in [5.41, 5.74) is 2.00. The molecule has 1 aliphatic rings. The number of para-hydroxylation sites is 1. The van der Waals surface area contributed by atoms with Crippen molar-refractivity contribution in [1.29, 1.82) is 0 Å². The summed E-state index contributed by atoms with van der Waals surface area (Å²) in [6.45, 7) is 3.38. The number of hydrogen-bond acceptors (Lipinski definition) is 7. The quantitative estimate of drug-likeness (QED) is 0.604. The fraction of sp³-hybridized carbons (Fsp3) is 0.364. The highest BCUT2D eigenvalue weighted by Gasteiger charge is 2.23. The van der Waals surface area contributed by atoms with Gasteiger partial charge in [0.2, 0.25) is 5.91 Å². The second-order valence-electron chi connectivity index (χ2n) is 7.23. The number of anilines is 2. The van der Waals surface area contributed by atoms with Crippen molar-refractivity contribution in [3.8, 4) is 11.5 Å². The van der Waals surface area contributed by atoms with Gasteiger partial charge in [-0.25, -0.2) is 4.98 Å². The summed E-state index contributed by atoms with van der Waals surface area (Å²) >= 11 is 1.57. The molecule has 0 N–H and O–H groups in total. The molecule has 158 valence electrons. The SMILES string of the molecule is COc1ccc(N2CCN(C(=O)CN(C)c3nc4c(OC)cccc4s3)CC2)cc1. The molecule has 8 heteroatoms. The molecular weight excluding hydrogens is 400 g/mol. The second kappa shape index (κ2) is 8.79. The van der Waals surface area contributed by atoms with E-state index in [-0.39, 0.29) is 5.91 Å². The van der Waals surface area contributed by atoms with E-state index in [1.165, 1.54) is 0 Å². The van der Waals surface area contributed by atoms with Crippen LogP contribution in [0.3, 0.4) is 0 Å². The largest absolute Gasteiger partial charge is 0.497 e. The molecule has 0 bridgehead atoms. The van der Waals surface area contributed by atoms with Gasteiger partial charge in [0.15, 0.2) is 5.13 Å². The van der Waals surface area contributed by atoms with Crippen molar-refractivity contribution in [2.75, 3.05) is 63.8 Å². The van der Waals surface area contributed by atoms with Crippen molar-refractivity contribution in [3.05, 3.63) is 42.5 Å². The van der Waals surface area contributed by atoms with Crippen LogP contribution in [0.4, 0.5) is 10.8 Å². The van der Waals surface area contributed by atoms with Gasteiger partial charge in [0.25, 0.3) is 0 Å². The van der Waals surface area contributed by atoms with Crippen molar-refractivity contribution >= 4 is 38.3 Å². The number of benzene rings is 2. The Morgan fingerprint density at radius 3 is 2.47 bits per heavy atom. The van der Waals surface area contributed by atoms with Gasteiger partial charge in [-0.2, -0.15) is 0 Å². The van der Waals surface area contributed by atoms with Crippen molar-refractivity contribution in [2.24, 2.45) is 0 Å². The molecule has 0 radical (unpaired) electrons. The number of hydrogen-bond donors (Lipinski definition) is 0. The minimum Gasteiger partial charge on any atom is -0.497 e. The Bertz CT molecular complexity index is 1010. The molecule has 1 aromatic heterocycles. The average Bonchev–Trinajstić information content (AvgIpc) is 3.24. The number of rotatable bonds is 6. The predicted molar refractivity (Wildman–Crippen MR) is 121 cm³/mol. The molecule has 0 atom stereocenters.